The lowest BCUT2D eigenvalue weighted by molar-refractivity contribution is 0.222. The molecule has 0 atom stereocenters. The van der Waals surface area contributed by atoms with Crippen molar-refractivity contribution in [2.24, 2.45) is 5.41 Å². The molecule has 0 heterocycles. The molecule has 0 aromatic heterocycles. The van der Waals surface area contributed by atoms with Gasteiger partial charge in [-0.15, -0.1) is 11.6 Å². The van der Waals surface area contributed by atoms with Crippen LogP contribution in [0.25, 0.3) is 0 Å². The van der Waals surface area contributed by atoms with Crippen molar-refractivity contribution in [2.45, 2.75) is 51.5 Å². The molecular formula is C16H23Cl2N. The highest BCUT2D eigenvalue weighted by Crippen LogP contribution is 2.40. The summed E-state index contributed by atoms with van der Waals surface area (Å²) in [6.45, 7) is 4.73. The fourth-order valence-electron chi connectivity index (χ4n) is 3.02. The maximum Gasteiger partial charge on any atom is 0.0642 e. The summed E-state index contributed by atoms with van der Waals surface area (Å²) in [5.41, 5.74) is 2.73. The zero-order valence-corrected chi connectivity index (χ0v) is 13.6. The van der Waals surface area contributed by atoms with E-state index in [-0.39, 0.29) is 0 Å². The van der Waals surface area contributed by atoms with Crippen LogP contribution in [0, 0.1) is 5.41 Å². The first-order valence-corrected chi connectivity index (χ1v) is 7.92. The minimum Gasteiger partial charge on any atom is -0.370 e. The van der Waals surface area contributed by atoms with E-state index in [0.29, 0.717) is 17.3 Å². The Kier molecular flexibility index (Phi) is 4.68. The van der Waals surface area contributed by atoms with Crippen LogP contribution in [0.2, 0.25) is 5.02 Å². The molecule has 0 N–H and O–H groups in total. The molecule has 1 aromatic carbocycles. The molecule has 106 valence electrons. The van der Waals surface area contributed by atoms with Gasteiger partial charge in [0.2, 0.25) is 0 Å². The molecule has 3 heteroatoms. The molecule has 0 bridgehead atoms. The average molecular weight is 300 g/mol. The summed E-state index contributed by atoms with van der Waals surface area (Å²) in [6.07, 6.45) is 5.03. The Morgan fingerprint density at radius 1 is 1.26 bits per heavy atom. The summed E-state index contributed by atoms with van der Waals surface area (Å²) in [7, 11) is 2.15. The molecule has 1 aliphatic rings. The van der Waals surface area contributed by atoms with E-state index in [9.17, 15) is 0 Å². The van der Waals surface area contributed by atoms with Crippen LogP contribution in [0.4, 0.5) is 5.69 Å². The van der Waals surface area contributed by atoms with E-state index in [1.165, 1.54) is 25.7 Å². The summed E-state index contributed by atoms with van der Waals surface area (Å²) in [4.78, 5) is 2.34. The third kappa shape index (κ3) is 3.38. The van der Waals surface area contributed by atoms with Gasteiger partial charge >= 0.3 is 0 Å². The molecule has 0 spiro atoms. The molecule has 0 radical (unpaired) electrons. The van der Waals surface area contributed by atoms with Gasteiger partial charge in [-0.25, -0.2) is 0 Å². The Hall–Kier alpha value is -0.400. The lowest BCUT2D eigenvalue weighted by Gasteiger charge is -2.40. The number of benzene rings is 1. The molecule has 0 unspecified atom stereocenters. The van der Waals surface area contributed by atoms with Crippen LogP contribution in [-0.2, 0) is 5.88 Å². The first kappa shape index (κ1) is 15.0. The maximum atomic E-state index is 6.38. The van der Waals surface area contributed by atoms with Gasteiger partial charge in [0.05, 0.1) is 10.7 Å². The molecule has 1 aromatic rings. The van der Waals surface area contributed by atoms with Crippen LogP contribution in [0.1, 0.15) is 45.1 Å². The average Bonchev–Trinajstić information content (AvgIpc) is 2.37. The molecule has 1 nitrogen and oxygen atoms in total. The number of alkyl halides is 1. The quantitative estimate of drug-likeness (QED) is 0.668. The van der Waals surface area contributed by atoms with E-state index >= 15 is 0 Å². The van der Waals surface area contributed by atoms with Gasteiger partial charge in [-0.1, -0.05) is 37.6 Å². The van der Waals surface area contributed by atoms with E-state index in [0.717, 1.165) is 16.3 Å². The van der Waals surface area contributed by atoms with E-state index in [1.807, 2.05) is 12.1 Å². The maximum absolute atomic E-state index is 6.38. The van der Waals surface area contributed by atoms with Crippen molar-refractivity contribution in [2.75, 3.05) is 11.9 Å². The number of hydrogen-bond donors (Lipinski definition) is 0. The molecule has 2 rings (SSSR count). The summed E-state index contributed by atoms with van der Waals surface area (Å²) in [5.74, 6) is 0.512. The third-order valence-corrected chi connectivity index (χ3v) is 5.02. The number of hydrogen-bond acceptors (Lipinski definition) is 1. The predicted octanol–water partition coefficient (Wildman–Crippen LogP) is 5.48. The summed E-state index contributed by atoms with van der Waals surface area (Å²) >= 11 is 12.4. The lowest BCUT2D eigenvalue weighted by Crippen LogP contribution is -2.37. The molecule has 1 saturated carbocycles. The number of nitrogens with zero attached hydrogens (tertiary/aromatic N) is 1. The first-order chi connectivity index (χ1) is 8.94. The molecule has 1 fully saturated rings. The van der Waals surface area contributed by atoms with Crippen LogP contribution in [0.5, 0.6) is 0 Å². The molecule has 1 aliphatic carbocycles. The second-order valence-electron chi connectivity index (χ2n) is 6.39. The number of halogens is 2. The van der Waals surface area contributed by atoms with Crippen molar-refractivity contribution in [1.82, 2.24) is 0 Å². The minimum absolute atomic E-state index is 0.493. The Morgan fingerprint density at radius 3 is 2.47 bits per heavy atom. The monoisotopic (exact) mass is 299 g/mol. The smallest absolute Gasteiger partial charge is 0.0642 e. The molecular weight excluding hydrogens is 277 g/mol. The van der Waals surface area contributed by atoms with Crippen molar-refractivity contribution in [1.29, 1.82) is 0 Å². The predicted molar refractivity (Wildman–Crippen MR) is 85.4 cm³/mol. The highest BCUT2D eigenvalue weighted by molar-refractivity contribution is 6.33. The van der Waals surface area contributed by atoms with Gasteiger partial charge in [0, 0.05) is 19.0 Å². The first-order valence-electron chi connectivity index (χ1n) is 7.01. The molecule has 0 amide bonds. The normalized spacial score (nSPS) is 19.4. The van der Waals surface area contributed by atoms with Gasteiger partial charge < -0.3 is 4.90 Å². The Bertz CT molecular complexity index is 432. The topological polar surface area (TPSA) is 3.24 Å². The van der Waals surface area contributed by atoms with E-state index in [2.05, 4.69) is 31.9 Å². The fourth-order valence-corrected chi connectivity index (χ4v) is 3.56. The van der Waals surface area contributed by atoms with Gasteiger partial charge in [0.15, 0.2) is 0 Å². The van der Waals surface area contributed by atoms with Gasteiger partial charge in [-0.2, -0.15) is 0 Å². The van der Waals surface area contributed by atoms with Gasteiger partial charge in [0.25, 0.3) is 0 Å². The summed E-state index contributed by atoms with van der Waals surface area (Å²) < 4.78 is 0. The van der Waals surface area contributed by atoms with Crippen LogP contribution < -0.4 is 4.90 Å². The Morgan fingerprint density at radius 2 is 1.89 bits per heavy atom. The van der Waals surface area contributed by atoms with Crippen LogP contribution >= 0.6 is 23.2 Å². The zero-order chi connectivity index (χ0) is 14.0. The molecule has 19 heavy (non-hydrogen) atoms. The zero-order valence-electron chi connectivity index (χ0n) is 12.0. The van der Waals surface area contributed by atoms with Crippen LogP contribution in [-0.4, -0.2) is 13.1 Å². The van der Waals surface area contributed by atoms with Gasteiger partial charge in [-0.3, -0.25) is 0 Å². The fraction of sp³-hybridized carbons (Fsp3) is 0.625. The largest absolute Gasteiger partial charge is 0.370 e. The van der Waals surface area contributed by atoms with Crippen molar-refractivity contribution < 1.29 is 0 Å². The minimum atomic E-state index is 0.493. The number of para-hydroxylation sites is 1. The van der Waals surface area contributed by atoms with Gasteiger partial charge in [0.1, 0.15) is 0 Å². The van der Waals surface area contributed by atoms with Gasteiger partial charge in [-0.05, 0) is 42.7 Å². The third-order valence-electron chi connectivity index (χ3n) is 4.42. The summed E-state index contributed by atoms with van der Waals surface area (Å²) in [6, 6.07) is 6.57. The van der Waals surface area contributed by atoms with Crippen molar-refractivity contribution in [3.05, 3.63) is 28.8 Å². The molecule has 0 saturated heterocycles. The van der Waals surface area contributed by atoms with Crippen molar-refractivity contribution >= 4 is 28.9 Å². The number of anilines is 1. The van der Waals surface area contributed by atoms with Crippen molar-refractivity contribution in [3.63, 3.8) is 0 Å². The summed E-state index contributed by atoms with van der Waals surface area (Å²) in [5, 5.41) is 0.811. The SMILES string of the molecule is CN(c1c(Cl)cccc1CCl)C1CCC(C)(C)CC1. The Labute approximate surface area is 126 Å². The van der Waals surface area contributed by atoms with E-state index in [1.54, 1.807) is 0 Å². The molecule has 0 aliphatic heterocycles. The lowest BCUT2D eigenvalue weighted by atomic mass is 9.75. The van der Waals surface area contributed by atoms with Crippen molar-refractivity contribution in [3.8, 4) is 0 Å². The second-order valence-corrected chi connectivity index (χ2v) is 7.06. The van der Waals surface area contributed by atoms with Crippen LogP contribution in [0.3, 0.4) is 0 Å². The highest BCUT2D eigenvalue weighted by atomic mass is 35.5. The van der Waals surface area contributed by atoms with E-state index in [4.69, 9.17) is 23.2 Å². The van der Waals surface area contributed by atoms with Crippen LogP contribution in [0.15, 0.2) is 18.2 Å². The van der Waals surface area contributed by atoms with E-state index < -0.39 is 0 Å². The second kappa shape index (κ2) is 5.93. The highest BCUT2D eigenvalue weighted by Gasteiger charge is 2.30. The Balaban J connectivity index is 2.18. The number of rotatable bonds is 3. The standard InChI is InChI=1S/C16H23Cl2N/c1-16(2)9-7-13(8-10-16)19(3)15-12(11-17)5-4-6-14(15)18/h4-6,13H,7-11H2,1-3H3.